The van der Waals surface area contributed by atoms with E-state index >= 15 is 0 Å². The van der Waals surface area contributed by atoms with E-state index in [4.69, 9.17) is 10.4 Å². The largest absolute Gasteiger partial charge is 0.357 e. The topological polar surface area (TPSA) is 158 Å². The minimum absolute atomic E-state index is 0.0258. The van der Waals surface area contributed by atoms with Crippen molar-refractivity contribution in [1.82, 2.24) is 20.1 Å². The average Bonchev–Trinajstić information content (AvgIpc) is 2.81. The van der Waals surface area contributed by atoms with Gasteiger partial charge < -0.3 is 9.84 Å². The summed E-state index contributed by atoms with van der Waals surface area (Å²) in [4.78, 5) is 22.2. The number of nitrogens with zero attached hydrogens (tertiary/aromatic N) is 5. The molecule has 106 valence electrons. The summed E-state index contributed by atoms with van der Waals surface area (Å²) in [6, 6.07) is 0. The third-order valence-electron chi connectivity index (χ3n) is 2.35. The lowest BCUT2D eigenvalue weighted by Crippen LogP contribution is -2.15. The zero-order valence-electron chi connectivity index (χ0n) is 10.7. The first-order valence-corrected chi connectivity index (χ1v) is 5.54. The van der Waals surface area contributed by atoms with Crippen LogP contribution in [-0.4, -0.2) is 25.0 Å². The third-order valence-corrected chi connectivity index (χ3v) is 2.35. The first-order valence-electron chi connectivity index (χ1n) is 5.54. The van der Waals surface area contributed by atoms with Gasteiger partial charge in [0.25, 0.3) is 0 Å². The predicted octanol–water partition coefficient (Wildman–Crippen LogP) is 0.282. The Morgan fingerprint density at radius 1 is 1.35 bits per heavy atom. The number of nitrogen functional groups attached to an aromatic ring is 1. The van der Waals surface area contributed by atoms with Crippen LogP contribution in [0, 0.1) is 24.0 Å². The molecule has 0 fully saturated rings. The van der Waals surface area contributed by atoms with Gasteiger partial charge in [0.2, 0.25) is 17.7 Å². The van der Waals surface area contributed by atoms with E-state index in [1.165, 1.54) is 6.92 Å². The molecular formula is C9H12N8O3. The predicted molar refractivity (Wildman–Crippen MR) is 67.6 cm³/mol. The van der Waals surface area contributed by atoms with Crippen molar-refractivity contribution in [3.05, 3.63) is 27.5 Å². The fourth-order valence-corrected chi connectivity index (χ4v) is 1.55. The van der Waals surface area contributed by atoms with Crippen LogP contribution in [0.3, 0.4) is 0 Å². The Hall–Kier alpha value is -2.82. The maximum Gasteiger partial charge on any atom is 0.332 e. The molecule has 20 heavy (non-hydrogen) atoms. The van der Waals surface area contributed by atoms with Gasteiger partial charge in [-0.25, -0.2) is 10.8 Å². The fourth-order valence-electron chi connectivity index (χ4n) is 1.55. The number of hydrazine groups is 1. The smallest absolute Gasteiger partial charge is 0.332 e. The van der Waals surface area contributed by atoms with Crippen LogP contribution in [0.25, 0.3) is 0 Å². The lowest BCUT2D eigenvalue weighted by Gasteiger charge is -2.07. The number of nitrogens with one attached hydrogen (secondary N) is 2. The maximum absolute atomic E-state index is 11.0. The SMILES string of the molecule is Cc1nc(CNc2nc(NN)nc(C)c2[N+](=O)[O-])no1. The number of hydrogen-bond donors (Lipinski definition) is 3. The maximum atomic E-state index is 11.0. The van der Waals surface area contributed by atoms with Gasteiger partial charge >= 0.3 is 5.69 Å². The van der Waals surface area contributed by atoms with Crippen molar-refractivity contribution in [3.63, 3.8) is 0 Å². The van der Waals surface area contributed by atoms with Gasteiger partial charge in [0.05, 0.1) is 11.5 Å². The third kappa shape index (κ3) is 2.77. The van der Waals surface area contributed by atoms with E-state index in [1.807, 2.05) is 0 Å². The second-order valence-corrected chi connectivity index (χ2v) is 3.81. The molecule has 0 bridgehead atoms. The van der Waals surface area contributed by atoms with Crippen LogP contribution in [0.15, 0.2) is 4.52 Å². The summed E-state index contributed by atoms with van der Waals surface area (Å²) < 4.78 is 4.80. The van der Waals surface area contributed by atoms with Crippen LogP contribution in [0.5, 0.6) is 0 Å². The summed E-state index contributed by atoms with van der Waals surface area (Å²) in [5.74, 6) is 6.07. The minimum atomic E-state index is -0.570. The lowest BCUT2D eigenvalue weighted by molar-refractivity contribution is -0.385. The van der Waals surface area contributed by atoms with Gasteiger partial charge in [-0.2, -0.15) is 9.97 Å². The molecule has 2 heterocycles. The van der Waals surface area contributed by atoms with E-state index in [1.54, 1.807) is 6.92 Å². The van der Waals surface area contributed by atoms with Gasteiger partial charge in [-0.1, -0.05) is 5.16 Å². The molecule has 0 aliphatic carbocycles. The molecule has 4 N–H and O–H groups in total. The van der Waals surface area contributed by atoms with Gasteiger partial charge in [0.15, 0.2) is 5.82 Å². The molecule has 0 radical (unpaired) electrons. The normalized spacial score (nSPS) is 10.3. The quantitative estimate of drug-likeness (QED) is 0.394. The summed E-state index contributed by atoms with van der Waals surface area (Å²) in [5.41, 5.74) is 2.19. The zero-order valence-corrected chi connectivity index (χ0v) is 10.7. The summed E-state index contributed by atoms with van der Waals surface area (Å²) in [6.07, 6.45) is 0. The number of nitrogens with two attached hydrogens (primary N) is 1. The Bertz CT molecular complexity index is 640. The van der Waals surface area contributed by atoms with Crippen LogP contribution >= 0.6 is 0 Å². The molecule has 2 aromatic heterocycles. The molecule has 0 saturated carbocycles. The van der Waals surface area contributed by atoms with E-state index in [0.717, 1.165) is 0 Å². The van der Waals surface area contributed by atoms with Crippen LogP contribution in [0.1, 0.15) is 17.4 Å². The average molecular weight is 280 g/mol. The standard InChI is InChI=1S/C9H12N8O3/c1-4-7(17(18)19)8(14-9(12-4)15-10)11-3-6-13-5(2)20-16-6/h3,10H2,1-2H3,(H2,11,12,14,15). The highest BCUT2D eigenvalue weighted by Gasteiger charge is 2.22. The van der Waals surface area contributed by atoms with E-state index < -0.39 is 4.92 Å². The van der Waals surface area contributed by atoms with Crippen molar-refractivity contribution in [2.24, 2.45) is 5.84 Å². The Balaban J connectivity index is 2.28. The van der Waals surface area contributed by atoms with Gasteiger partial charge in [-0.3, -0.25) is 15.5 Å². The summed E-state index contributed by atoms with van der Waals surface area (Å²) in [5, 5.41) is 17.5. The van der Waals surface area contributed by atoms with Crippen molar-refractivity contribution >= 4 is 17.5 Å². The van der Waals surface area contributed by atoms with Crippen molar-refractivity contribution in [2.75, 3.05) is 10.7 Å². The van der Waals surface area contributed by atoms with Crippen LogP contribution in [0.2, 0.25) is 0 Å². The molecule has 0 aliphatic heterocycles. The highest BCUT2D eigenvalue weighted by molar-refractivity contribution is 5.60. The van der Waals surface area contributed by atoms with E-state index in [9.17, 15) is 10.1 Å². The van der Waals surface area contributed by atoms with Gasteiger partial charge in [-0.05, 0) is 6.92 Å². The summed E-state index contributed by atoms with van der Waals surface area (Å²) in [6.45, 7) is 3.26. The molecule has 0 unspecified atom stereocenters. The van der Waals surface area contributed by atoms with Gasteiger partial charge in [0, 0.05) is 6.92 Å². The Labute approximate surface area is 112 Å². The molecule has 0 atom stereocenters. The highest BCUT2D eigenvalue weighted by atomic mass is 16.6. The van der Waals surface area contributed by atoms with Crippen LogP contribution < -0.4 is 16.6 Å². The number of nitro groups is 1. The molecule has 0 amide bonds. The molecule has 2 rings (SSSR count). The molecule has 11 heteroatoms. The number of anilines is 2. The second-order valence-electron chi connectivity index (χ2n) is 3.81. The Morgan fingerprint density at radius 2 is 2.10 bits per heavy atom. The van der Waals surface area contributed by atoms with E-state index in [2.05, 4.69) is 30.9 Å². The van der Waals surface area contributed by atoms with Crippen LogP contribution in [-0.2, 0) is 6.54 Å². The lowest BCUT2D eigenvalue weighted by atomic mass is 10.3. The fraction of sp³-hybridized carbons (Fsp3) is 0.333. The second kappa shape index (κ2) is 5.44. The number of aryl methyl sites for hydroxylation is 2. The Kier molecular flexibility index (Phi) is 3.70. The van der Waals surface area contributed by atoms with Gasteiger partial charge in [-0.15, -0.1) is 0 Å². The monoisotopic (exact) mass is 280 g/mol. The first kappa shape index (κ1) is 13.6. The van der Waals surface area contributed by atoms with Crippen molar-refractivity contribution in [2.45, 2.75) is 20.4 Å². The molecule has 2 aromatic rings. The number of hydrogen-bond acceptors (Lipinski definition) is 10. The number of aromatic nitrogens is 4. The highest BCUT2D eigenvalue weighted by Crippen LogP contribution is 2.26. The van der Waals surface area contributed by atoms with Crippen molar-refractivity contribution in [3.8, 4) is 0 Å². The molecule has 0 spiro atoms. The summed E-state index contributed by atoms with van der Waals surface area (Å²) in [7, 11) is 0. The van der Waals surface area contributed by atoms with Gasteiger partial charge in [0.1, 0.15) is 5.69 Å². The minimum Gasteiger partial charge on any atom is -0.357 e. The van der Waals surface area contributed by atoms with Crippen molar-refractivity contribution < 1.29 is 9.45 Å². The Morgan fingerprint density at radius 3 is 2.65 bits per heavy atom. The van der Waals surface area contributed by atoms with E-state index in [0.29, 0.717) is 11.7 Å². The summed E-state index contributed by atoms with van der Waals surface area (Å²) >= 11 is 0. The van der Waals surface area contributed by atoms with E-state index in [-0.39, 0.29) is 29.7 Å². The molecule has 0 aliphatic rings. The van der Waals surface area contributed by atoms with Crippen molar-refractivity contribution in [1.29, 1.82) is 0 Å². The molecule has 11 nitrogen and oxygen atoms in total. The first-order chi connectivity index (χ1) is 9.51. The molecular weight excluding hydrogens is 268 g/mol. The van der Waals surface area contributed by atoms with Crippen LogP contribution in [0.4, 0.5) is 17.5 Å². The number of rotatable bonds is 5. The molecule has 0 saturated heterocycles. The zero-order chi connectivity index (χ0) is 14.7. The molecule has 0 aromatic carbocycles.